The van der Waals surface area contributed by atoms with Gasteiger partial charge in [0.2, 0.25) is 5.78 Å². The molecule has 0 spiro atoms. The van der Waals surface area contributed by atoms with Gasteiger partial charge in [0.15, 0.2) is 0 Å². The molecule has 2 aromatic rings. The minimum atomic E-state index is -2.65. The van der Waals surface area contributed by atoms with E-state index in [0.717, 1.165) is 6.07 Å². The largest absolute Gasteiger partial charge is 0.398 e. The van der Waals surface area contributed by atoms with Crippen molar-refractivity contribution in [3.05, 3.63) is 59.4 Å². The van der Waals surface area contributed by atoms with Crippen LogP contribution >= 0.6 is 0 Å². The summed E-state index contributed by atoms with van der Waals surface area (Å²) >= 11 is 0. The maximum absolute atomic E-state index is 12.5. The third-order valence-electron chi connectivity index (χ3n) is 2.48. The Morgan fingerprint density at radius 3 is 2.56 bits per heavy atom. The standard InChI is InChI=1S/C13H10F2N2O/c14-13(15)9-5-4-8(7-10(9)16)12(18)11-3-1-2-6-17-11/h1-7,13H,16H2. The molecule has 18 heavy (non-hydrogen) atoms. The van der Waals surface area contributed by atoms with Crippen molar-refractivity contribution in [3.63, 3.8) is 0 Å². The molecule has 1 aromatic carbocycles. The molecule has 1 aromatic heterocycles. The third kappa shape index (κ3) is 2.34. The maximum Gasteiger partial charge on any atom is 0.265 e. The lowest BCUT2D eigenvalue weighted by atomic mass is 10.0. The number of anilines is 1. The fourth-order valence-corrected chi connectivity index (χ4v) is 1.56. The molecular formula is C13H10F2N2O. The van der Waals surface area contributed by atoms with Gasteiger partial charge in [-0.3, -0.25) is 9.78 Å². The minimum Gasteiger partial charge on any atom is -0.398 e. The van der Waals surface area contributed by atoms with E-state index in [9.17, 15) is 13.6 Å². The van der Waals surface area contributed by atoms with Crippen molar-refractivity contribution in [2.45, 2.75) is 6.43 Å². The summed E-state index contributed by atoms with van der Waals surface area (Å²) < 4.78 is 25.0. The Morgan fingerprint density at radius 1 is 1.22 bits per heavy atom. The lowest BCUT2D eigenvalue weighted by Gasteiger charge is -2.06. The molecule has 0 aliphatic rings. The summed E-state index contributed by atoms with van der Waals surface area (Å²) in [6.45, 7) is 0. The van der Waals surface area contributed by atoms with E-state index >= 15 is 0 Å². The van der Waals surface area contributed by atoms with E-state index in [1.165, 1.54) is 18.3 Å². The van der Waals surface area contributed by atoms with E-state index in [-0.39, 0.29) is 28.3 Å². The van der Waals surface area contributed by atoms with Crippen LogP contribution < -0.4 is 5.73 Å². The highest BCUT2D eigenvalue weighted by Gasteiger charge is 2.15. The van der Waals surface area contributed by atoms with Gasteiger partial charge in [0.1, 0.15) is 5.69 Å². The molecule has 0 unspecified atom stereocenters. The summed E-state index contributed by atoms with van der Waals surface area (Å²) in [7, 11) is 0. The molecule has 1 heterocycles. The topological polar surface area (TPSA) is 56.0 Å². The molecule has 5 heteroatoms. The smallest absolute Gasteiger partial charge is 0.265 e. The molecule has 0 aliphatic carbocycles. The van der Waals surface area contributed by atoms with Gasteiger partial charge in [-0.2, -0.15) is 0 Å². The van der Waals surface area contributed by atoms with E-state index in [1.54, 1.807) is 18.2 Å². The Morgan fingerprint density at radius 2 is 2.00 bits per heavy atom. The van der Waals surface area contributed by atoms with Crippen LogP contribution in [-0.2, 0) is 0 Å². The number of nitrogens with two attached hydrogens (primary N) is 1. The number of rotatable bonds is 3. The van der Waals surface area contributed by atoms with Crippen LogP contribution in [0.25, 0.3) is 0 Å². The predicted octanol–water partition coefficient (Wildman–Crippen LogP) is 2.83. The number of alkyl halides is 2. The fraction of sp³-hybridized carbons (Fsp3) is 0.0769. The molecule has 2 N–H and O–H groups in total. The average Bonchev–Trinajstić information content (AvgIpc) is 2.38. The van der Waals surface area contributed by atoms with Gasteiger partial charge in [0.25, 0.3) is 6.43 Å². The van der Waals surface area contributed by atoms with Crippen molar-refractivity contribution >= 4 is 11.5 Å². The lowest BCUT2D eigenvalue weighted by molar-refractivity contribution is 0.103. The van der Waals surface area contributed by atoms with Crippen LogP contribution in [0.15, 0.2) is 42.6 Å². The molecule has 0 bridgehead atoms. The van der Waals surface area contributed by atoms with Crippen LogP contribution in [0.2, 0.25) is 0 Å². The van der Waals surface area contributed by atoms with Crippen molar-refractivity contribution in [2.75, 3.05) is 5.73 Å². The van der Waals surface area contributed by atoms with Gasteiger partial charge in [-0.25, -0.2) is 8.78 Å². The zero-order valence-corrected chi connectivity index (χ0v) is 9.31. The Balaban J connectivity index is 2.36. The Labute approximate surface area is 102 Å². The number of ketones is 1. The summed E-state index contributed by atoms with van der Waals surface area (Å²) in [4.78, 5) is 15.9. The molecule has 0 amide bonds. The van der Waals surface area contributed by atoms with Crippen LogP contribution in [-0.4, -0.2) is 10.8 Å². The van der Waals surface area contributed by atoms with Crippen LogP contribution in [0.4, 0.5) is 14.5 Å². The van der Waals surface area contributed by atoms with Gasteiger partial charge < -0.3 is 5.73 Å². The third-order valence-corrected chi connectivity index (χ3v) is 2.48. The number of aromatic nitrogens is 1. The molecule has 0 aliphatic heterocycles. The van der Waals surface area contributed by atoms with E-state index in [4.69, 9.17) is 5.73 Å². The summed E-state index contributed by atoms with van der Waals surface area (Å²) in [6, 6.07) is 8.66. The second-order valence-electron chi connectivity index (χ2n) is 3.69. The lowest BCUT2D eigenvalue weighted by Crippen LogP contribution is -2.05. The quantitative estimate of drug-likeness (QED) is 0.671. The highest BCUT2D eigenvalue weighted by atomic mass is 19.3. The van der Waals surface area contributed by atoms with Gasteiger partial charge in [-0.15, -0.1) is 0 Å². The zero-order chi connectivity index (χ0) is 13.1. The van der Waals surface area contributed by atoms with E-state index in [0.29, 0.717) is 0 Å². The summed E-state index contributed by atoms with van der Waals surface area (Å²) in [5.74, 6) is -0.344. The zero-order valence-electron chi connectivity index (χ0n) is 9.31. The molecule has 0 saturated carbocycles. The first kappa shape index (κ1) is 12.2. The summed E-state index contributed by atoms with van der Waals surface area (Å²) in [5.41, 5.74) is 5.62. The van der Waals surface area contributed by atoms with Crippen LogP contribution in [0.5, 0.6) is 0 Å². The van der Waals surface area contributed by atoms with Crippen LogP contribution in [0, 0.1) is 0 Å². The molecule has 92 valence electrons. The monoisotopic (exact) mass is 248 g/mol. The van der Waals surface area contributed by atoms with Gasteiger partial charge in [0, 0.05) is 23.0 Å². The van der Waals surface area contributed by atoms with E-state index < -0.39 is 6.43 Å². The van der Waals surface area contributed by atoms with Crippen molar-refractivity contribution < 1.29 is 13.6 Å². The van der Waals surface area contributed by atoms with Gasteiger partial charge in [-0.1, -0.05) is 18.2 Å². The average molecular weight is 248 g/mol. The molecule has 3 nitrogen and oxygen atoms in total. The van der Waals surface area contributed by atoms with Crippen molar-refractivity contribution in [3.8, 4) is 0 Å². The molecule has 0 saturated heterocycles. The number of pyridine rings is 1. The number of benzene rings is 1. The first-order chi connectivity index (χ1) is 8.59. The van der Waals surface area contributed by atoms with Gasteiger partial charge in [0.05, 0.1) is 0 Å². The SMILES string of the molecule is Nc1cc(C(=O)c2ccccn2)ccc1C(F)F. The second-order valence-corrected chi connectivity index (χ2v) is 3.69. The van der Waals surface area contributed by atoms with Gasteiger partial charge in [-0.05, 0) is 18.2 Å². The van der Waals surface area contributed by atoms with E-state index in [2.05, 4.69) is 4.98 Å². The minimum absolute atomic E-state index is 0.0909. The number of nitrogens with zero attached hydrogens (tertiary/aromatic N) is 1. The Bertz CT molecular complexity index is 570. The van der Waals surface area contributed by atoms with Crippen molar-refractivity contribution in [1.29, 1.82) is 0 Å². The summed E-state index contributed by atoms with van der Waals surface area (Å²) in [6.07, 6.45) is -1.16. The van der Waals surface area contributed by atoms with Crippen molar-refractivity contribution in [1.82, 2.24) is 4.98 Å². The van der Waals surface area contributed by atoms with Crippen LogP contribution in [0.1, 0.15) is 28.0 Å². The number of carbonyl (C=O) groups excluding carboxylic acids is 1. The predicted molar refractivity (Wildman–Crippen MR) is 63.5 cm³/mol. The number of hydrogen-bond donors (Lipinski definition) is 1. The molecule has 0 atom stereocenters. The van der Waals surface area contributed by atoms with Gasteiger partial charge >= 0.3 is 0 Å². The molecule has 0 radical (unpaired) electrons. The Kier molecular flexibility index (Phi) is 3.32. The maximum atomic E-state index is 12.5. The van der Waals surface area contributed by atoms with Crippen molar-refractivity contribution in [2.24, 2.45) is 0 Å². The van der Waals surface area contributed by atoms with E-state index in [1.807, 2.05) is 0 Å². The molecule has 0 fully saturated rings. The summed E-state index contributed by atoms with van der Waals surface area (Å²) in [5, 5.41) is 0. The number of hydrogen-bond acceptors (Lipinski definition) is 3. The Hall–Kier alpha value is -2.30. The first-order valence-corrected chi connectivity index (χ1v) is 5.23. The number of halogens is 2. The normalized spacial score (nSPS) is 10.6. The molecular weight excluding hydrogens is 238 g/mol. The molecule has 2 rings (SSSR count). The highest BCUT2D eigenvalue weighted by molar-refractivity contribution is 6.08. The fourth-order valence-electron chi connectivity index (χ4n) is 1.56. The first-order valence-electron chi connectivity index (χ1n) is 5.23. The van der Waals surface area contributed by atoms with Crippen LogP contribution in [0.3, 0.4) is 0 Å². The number of carbonyl (C=O) groups is 1. The highest BCUT2D eigenvalue weighted by Crippen LogP contribution is 2.26. The second kappa shape index (κ2) is 4.91. The number of nitrogen functional groups attached to an aromatic ring is 1.